The van der Waals surface area contributed by atoms with Gasteiger partial charge in [0.15, 0.2) is 0 Å². The number of rotatable bonds is 7. The van der Waals surface area contributed by atoms with Gasteiger partial charge in [-0.25, -0.2) is 4.79 Å². The molecule has 0 aromatic carbocycles. The third kappa shape index (κ3) is 6.30. The fourth-order valence-corrected chi connectivity index (χ4v) is 3.11. The summed E-state index contributed by atoms with van der Waals surface area (Å²) in [5.74, 6) is 0. The van der Waals surface area contributed by atoms with Crippen LogP contribution in [0.3, 0.4) is 0 Å². The van der Waals surface area contributed by atoms with E-state index in [2.05, 4.69) is 24.1 Å². The fourth-order valence-electron chi connectivity index (χ4n) is 3.11. The van der Waals surface area contributed by atoms with Crippen LogP contribution in [0.1, 0.15) is 60.3 Å². The minimum Gasteiger partial charge on any atom is -0.444 e. The van der Waals surface area contributed by atoms with Crippen molar-refractivity contribution in [2.24, 2.45) is 0 Å². The SMILES string of the molecule is CC(C)N1CCC(NCCCN(C(=O)OC(C)(C)C)C2CC2)C1. The normalized spacial score (nSPS) is 22.6. The molecule has 1 unspecified atom stereocenters. The number of amides is 1. The Hall–Kier alpha value is -0.810. The van der Waals surface area contributed by atoms with Gasteiger partial charge in [0, 0.05) is 31.2 Å². The minimum absolute atomic E-state index is 0.146. The second-order valence-corrected chi connectivity index (χ2v) is 8.29. The highest BCUT2D eigenvalue weighted by Gasteiger charge is 2.34. The number of ether oxygens (including phenoxy) is 1. The summed E-state index contributed by atoms with van der Waals surface area (Å²) < 4.78 is 5.53. The zero-order valence-corrected chi connectivity index (χ0v) is 15.6. The summed E-state index contributed by atoms with van der Waals surface area (Å²) in [6.45, 7) is 14.4. The first-order chi connectivity index (χ1) is 10.8. The molecular weight excluding hydrogens is 290 g/mol. The zero-order valence-electron chi connectivity index (χ0n) is 15.6. The first-order valence-corrected chi connectivity index (χ1v) is 9.23. The van der Waals surface area contributed by atoms with Gasteiger partial charge >= 0.3 is 6.09 Å². The van der Waals surface area contributed by atoms with Gasteiger partial charge in [-0.1, -0.05) is 0 Å². The molecule has 1 aliphatic heterocycles. The maximum absolute atomic E-state index is 12.3. The average molecular weight is 325 g/mol. The van der Waals surface area contributed by atoms with Gasteiger partial charge in [0.2, 0.25) is 0 Å². The lowest BCUT2D eigenvalue weighted by Crippen LogP contribution is -2.40. The molecule has 1 saturated heterocycles. The molecule has 1 heterocycles. The van der Waals surface area contributed by atoms with E-state index in [1.165, 1.54) is 13.0 Å². The standard InChI is InChI=1S/C18H35N3O2/c1-14(2)20-12-9-15(13-20)19-10-6-11-21(16-7-8-16)17(22)23-18(3,4)5/h14-16,19H,6-13H2,1-5H3. The molecule has 134 valence electrons. The molecule has 5 heteroatoms. The molecular formula is C18H35N3O2. The predicted octanol–water partition coefficient (Wildman–Crippen LogP) is 2.85. The Labute approximate surface area is 141 Å². The van der Waals surface area contributed by atoms with Crippen molar-refractivity contribution in [3.8, 4) is 0 Å². The van der Waals surface area contributed by atoms with Crippen LogP contribution in [0.2, 0.25) is 0 Å². The molecule has 1 amide bonds. The van der Waals surface area contributed by atoms with Crippen LogP contribution < -0.4 is 5.32 Å². The smallest absolute Gasteiger partial charge is 0.410 e. The fraction of sp³-hybridized carbons (Fsp3) is 0.944. The first-order valence-electron chi connectivity index (χ1n) is 9.23. The van der Waals surface area contributed by atoms with Crippen molar-refractivity contribution in [1.82, 2.24) is 15.1 Å². The molecule has 2 aliphatic rings. The third-order valence-electron chi connectivity index (χ3n) is 4.57. The van der Waals surface area contributed by atoms with Crippen LogP contribution in [0.25, 0.3) is 0 Å². The van der Waals surface area contributed by atoms with Crippen molar-refractivity contribution in [3.63, 3.8) is 0 Å². The molecule has 2 rings (SSSR count). The summed E-state index contributed by atoms with van der Waals surface area (Å²) in [6, 6.07) is 1.65. The quantitative estimate of drug-likeness (QED) is 0.731. The number of nitrogens with zero attached hydrogens (tertiary/aromatic N) is 2. The van der Waals surface area contributed by atoms with Gasteiger partial charge in [0.05, 0.1) is 0 Å². The van der Waals surface area contributed by atoms with Crippen LogP contribution >= 0.6 is 0 Å². The van der Waals surface area contributed by atoms with Crippen molar-refractivity contribution >= 4 is 6.09 Å². The van der Waals surface area contributed by atoms with Crippen molar-refractivity contribution in [1.29, 1.82) is 0 Å². The topological polar surface area (TPSA) is 44.8 Å². The van der Waals surface area contributed by atoms with Gasteiger partial charge in [0.1, 0.15) is 5.60 Å². The highest BCUT2D eigenvalue weighted by molar-refractivity contribution is 5.69. The van der Waals surface area contributed by atoms with Gasteiger partial charge < -0.3 is 15.0 Å². The molecule has 0 spiro atoms. The maximum Gasteiger partial charge on any atom is 0.410 e. The lowest BCUT2D eigenvalue weighted by atomic mass is 10.2. The molecule has 0 radical (unpaired) electrons. The monoisotopic (exact) mass is 325 g/mol. The van der Waals surface area contributed by atoms with Crippen molar-refractivity contribution in [3.05, 3.63) is 0 Å². The lowest BCUT2D eigenvalue weighted by Gasteiger charge is -2.27. The van der Waals surface area contributed by atoms with Crippen molar-refractivity contribution < 1.29 is 9.53 Å². The summed E-state index contributed by atoms with van der Waals surface area (Å²) in [5, 5.41) is 3.65. The Bertz CT molecular complexity index is 388. The van der Waals surface area contributed by atoms with E-state index >= 15 is 0 Å². The Morgan fingerprint density at radius 2 is 2.00 bits per heavy atom. The highest BCUT2D eigenvalue weighted by atomic mass is 16.6. The summed E-state index contributed by atoms with van der Waals surface area (Å²) in [7, 11) is 0. The van der Waals surface area contributed by atoms with E-state index in [0.29, 0.717) is 18.1 Å². The van der Waals surface area contributed by atoms with Crippen LogP contribution in [0, 0.1) is 0 Å². The van der Waals surface area contributed by atoms with Gasteiger partial charge in [0.25, 0.3) is 0 Å². The van der Waals surface area contributed by atoms with Crippen molar-refractivity contribution in [2.75, 3.05) is 26.2 Å². The Morgan fingerprint density at radius 3 is 2.52 bits per heavy atom. The molecule has 0 bridgehead atoms. The van der Waals surface area contributed by atoms with E-state index in [9.17, 15) is 4.79 Å². The maximum atomic E-state index is 12.3. The molecule has 1 N–H and O–H groups in total. The van der Waals surface area contributed by atoms with E-state index in [1.807, 2.05) is 25.7 Å². The highest BCUT2D eigenvalue weighted by Crippen LogP contribution is 2.28. The number of hydrogen-bond acceptors (Lipinski definition) is 4. The molecule has 5 nitrogen and oxygen atoms in total. The Kier molecular flexibility index (Phi) is 6.32. The van der Waals surface area contributed by atoms with E-state index < -0.39 is 5.60 Å². The molecule has 2 fully saturated rings. The number of carbonyl (C=O) groups is 1. The molecule has 1 atom stereocenters. The summed E-state index contributed by atoms with van der Waals surface area (Å²) in [6.07, 6.45) is 4.33. The van der Waals surface area contributed by atoms with E-state index in [4.69, 9.17) is 4.74 Å². The second-order valence-electron chi connectivity index (χ2n) is 8.29. The van der Waals surface area contributed by atoms with Gasteiger partial charge in [-0.3, -0.25) is 4.90 Å². The van der Waals surface area contributed by atoms with Crippen LogP contribution in [0.15, 0.2) is 0 Å². The van der Waals surface area contributed by atoms with Crippen molar-refractivity contribution in [2.45, 2.75) is 84.0 Å². The lowest BCUT2D eigenvalue weighted by molar-refractivity contribution is 0.0231. The van der Waals surface area contributed by atoms with E-state index in [0.717, 1.165) is 38.9 Å². The summed E-state index contributed by atoms with van der Waals surface area (Å²) in [4.78, 5) is 16.7. The number of hydrogen-bond donors (Lipinski definition) is 1. The molecule has 1 aliphatic carbocycles. The van der Waals surface area contributed by atoms with Gasteiger partial charge in [-0.15, -0.1) is 0 Å². The summed E-state index contributed by atoms with van der Waals surface area (Å²) >= 11 is 0. The predicted molar refractivity (Wildman–Crippen MR) is 93.7 cm³/mol. The minimum atomic E-state index is -0.410. The Balaban J connectivity index is 1.66. The first kappa shape index (κ1) is 18.5. The zero-order chi connectivity index (χ0) is 17.0. The number of carbonyl (C=O) groups excluding carboxylic acids is 1. The number of nitrogens with one attached hydrogen (secondary N) is 1. The molecule has 23 heavy (non-hydrogen) atoms. The molecule has 0 aromatic rings. The number of likely N-dealkylation sites (tertiary alicyclic amines) is 1. The molecule has 1 saturated carbocycles. The van der Waals surface area contributed by atoms with E-state index in [-0.39, 0.29) is 6.09 Å². The Morgan fingerprint density at radius 1 is 1.30 bits per heavy atom. The summed E-state index contributed by atoms with van der Waals surface area (Å²) in [5.41, 5.74) is -0.410. The average Bonchev–Trinajstić information content (AvgIpc) is 3.13. The van der Waals surface area contributed by atoms with Gasteiger partial charge in [-0.05, 0) is 73.4 Å². The van der Waals surface area contributed by atoms with Crippen LogP contribution in [-0.2, 0) is 4.74 Å². The molecule has 0 aromatic heterocycles. The van der Waals surface area contributed by atoms with Crippen LogP contribution in [0.4, 0.5) is 4.79 Å². The van der Waals surface area contributed by atoms with E-state index in [1.54, 1.807) is 0 Å². The van der Waals surface area contributed by atoms with Crippen LogP contribution in [-0.4, -0.2) is 65.8 Å². The third-order valence-corrected chi connectivity index (χ3v) is 4.57. The largest absolute Gasteiger partial charge is 0.444 e. The van der Waals surface area contributed by atoms with Gasteiger partial charge in [-0.2, -0.15) is 0 Å². The van der Waals surface area contributed by atoms with Crippen LogP contribution in [0.5, 0.6) is 0 Å². The second kappa shape index (κ2) is 7.84.